The average Bonchev–Trinajstić information content (AvgIpc) is 2.38. The van der Waals surface area contributed by atoms with Crippen molar-refractivity contribution in [3.05, 3.63) is 0 Å². The fraction of sp³-hybridized carbons (Fsp3) is 1.00. The maximum absolute atomic E-state index is 2.29. The van der Waals surface area contributed by atoms with Crippen LogP contribution in [0.1, 0.15) is 99.7 Å². The molecule has 0 aromatic carbocycles. The van der Waals surface area contributed by atoms with Gasteiger partial charge in [0.15, 0.2) is 0 Å². The molecule has 0 unspecified atom stereocenters. The van der Waals surface area contributed by atoms with Gasteiger partial charge in [-0.3, -0.25) is 0 Å². The summed E-state index contributed by atoms with van der Waals surface area (Å²) in [5.41, 5.74) is 0. The van der Waals surface area contributed by atoms with Gasteiger partial charge < -0.3 is 7.34 Å². The van der Waals surface area contributed by atoms with E-state index in [9.17, 15) is 0 Å². The molecule has 0 fully saturated rings. The van der Waals surface area contributed by atoms with Gasteiger partial charge >= 0.3 is 37.7 Å². The predicted molar refractivity (Wildman–Crippen MR) is 108 cm³/mol. The van der Waals surface area contributed by atoms with Crippen molar-refractivity contribution in [1.82, 2.24) is 0 Å². The minimum atomic E-state index is 0. The first-order valence-corrected chi connectivity index (χ1v) is 9.36. The molecule has 0 saturated heterocycles. The van der Waals surface area contributed by atoms with E-state index in [0.29, 0.717) is 0 Å². The van der Waals surface area contributed by atoms with Crippen molar-refractivity contribution < 1.29 is 7.34 Å². The fourth-order valence-electron chi connectivity index (χ4n) is 2.78. The van der Waals surface area contributed by atoms with E-state index in [1.54, 1.807) is 0 Å². The quantitative estimate of drug-likeness (QED) is 0.178. The van der Waals surface area contributed by atoms with Crippen molar-refractivity contribution in [1.29, 1.82) is 0 Å². The van der Waals surface area contributed by atoms with Crippen molar-refractivity contribution in [2.24, 2.45) is 0 Å². The van der Waals surface area contributed by atoms with Gasteiger partial charge in [-0.05, 0) is 12.8 Å². The average molecular weight is 363 g/mol. The van der Waals surface area contributed by atoms with Crippen LogP contribution in [0.2, 0.25) is 0 Å². The van der Waals surface area contributed by atoms with Crippen LogP contribution in [0.15, 0.2) is 0 Å². The summed E-state index contributed by atoms with van der Waals surface area (Å²) in [7, 11) is 6.88. The van der Waals surface area contributed by atoms with Gasteiger partial charge in [-0.2, -0.15) is 0 Å². The van der Waals surface area contributed by atoms with Crippen LogP contribution in [0.25, 0.3) is 0 Å². The van der Waals surface area contributed by atoms with Crippen LogP contribution >= 0.6 is 12.4 Å². The maximum atomic E-state index is 2.29. The standard InChI is InChI=1S/C19H42N.Ca.ClH.2H/c1-5-6-7-8-9-10-11-12-13-14-15-16-17-18-19-20(2,3)4;;;;/h5-19H2,1-4H3;;1H;;/q+1;+2;;2*-1. The third-order valence-corrected chi connectivity index (χ3v) is 4.18. The summed E-state index contributed by atoms with van der Waals surface area (Å²) in [6.45, 7) is 3.63. The summed E-state index contributed by atoms with van der Waals surface area (Å²) in [6, 6.07) is 0. The normalized spacial score (nSPS) is 10.9. The second-order valence-electron chi connectivity index (χ2n) is 7.61. The molecule has 0 spiro atoms. The molecule has 134 valence electrons. The molecule has 0 aliphatic carbocycles. The Kier molecular flexibility index (Phi) is 26.5. The van der Waals surface area contributed by atoms with Gasteiger partial charge in [0.25, 0.3) is 0 Å². The van der Waals surface area contributed by atoms with Crippen LogP contribution in [-0.2, 0) is 0 Å². The molecule has 0 atom stereocenters. The molecular weight excluding hydrogens is 318 g/mol. The summed E-state index contributed by atoms with van der Waals surface area (Å²) in [6.07, 6.45) is 20.4. The molecule has 0 aromatic heterocycles. The van der Waals surface area contributed by atoms with Crippen LogP contribution in [0.4, 0.5) is 0 Å². The smallest absolute Gasteiger partial charge is 1.00 e. The molecule has 3 heteroatoms. The molecule has 0 aliphatic heterocycles. The third-order valence-electron chi connectivity index (χ3n) is 4.18. The summed E-state index contributed by atoms with van der Waals surface area (Å²) in [4.78, 5) is 0. The summed E-state index contributed by atoms with van der Waals surface area (Å²) in [5.74, 6) is 0. The van der Waals surface area contributed by atoms with Gasteiger partial charge in [0.05, 0.1) is 27.7 Å². The Hall–Kier alpha value is 1.51. The molecule has 0 rings (SSSR count). The van der Waals surface area contributed by atoms with E-state index in [1.807, 2.05) is 0 Å². The summed E-state index contributed by atoms with van der Waals surface area (Å²) >= 11 is 0. The van der Waals surface area contributed by atoms with Crippen LogP contribution in [0, 0.1) is 0 Å². The minimum Gasteiger partial charge on any atom is -1.00 e. The van der Waals surface area contributed by atoms with E-state index < -0.39 is 0 Å². The van der Waals surface area contributed by atoms with E-state index >= 15 is 0 Å². The van der Waals surface area contributed by atoms with E-state index in [4.69, 9.17) is 0 Å². The molecule has 0 N–H and O–H groups in total. The van der Waals surface area contributed by atoms with Crippen molar-refractivity contribution in [3.8, 4) is 0 Å². The second kappa shape index (κ2) is 20.6. The number of halogens is 1. The van der Waals surface area contributed by atoms with Gasteiger partial charge in [-0.1, -0.05) is 84.0 Å². The van der Waals surface area contributed by atoms with Gasteiger partial charge in [-0.25, -0.2) is 0 Å². The maximum Gasteiger partial charge on any atom is 2.00 e. The van der Waals surface area contributed by atoms with Crippen LogP contribution in [-0.4, -0.2) is 69.9 Å². The second-order valence-corrected chi connectivity index (χ2v) is 7.61. The molecule has 0 aliphatic rings. The number of quaternary nitrogens is 1. The number of unbranched alkanes of at least 4 members (excludes halogenated alkanes) is 13. The Bertz CT molecular complexity index is 202. The van der Waals surface area contributed by atoms with Gasteiger partial charge in [0.2, 0.25) is 0 Å². The molecule has 0 heterocycles. The monoisotopic (exact) mass is 362 g/mol. The Balaban J connectivity index is -0.000000301. The van der Waals surface area contributed by atoms with Crippen LogP contribution in [0.5, 0.6) is 0 Å². The number of hydrogen-bond donors (Lipinski definition) is 0. The molecule has 0 aromatic rings. The predicted octanol–water partition coefficient (Wildman–Crippen LogP) is 6.44. The van der Waals surface area contributed by atoms with Crippen LogP contribution in [0.3, 0.4) is 0 Å². The van der Waals surface area contributed by atoms with Crippen molar-refractivity contribution >= 4 is 50.1 Å². The molecular formula is C19H45CaClN+. The first kappa shape index (κ1) is 28.3. The Morgan fingerprint density at radius 1 is 0.545 bits per heavy atom. The minimum absolute atomic E-state index is 0. The zero-order valence-corrected chi connectivity index (χ0v) is 19.2. The molecule has 0 bridgehead atoms. The van der Waals surface area contributed by atoms with Crippen molar-refractivity contribution in [2.75, 3.05) is 27.7 Å². The molecule has 0 amide bonds. The zero-order valence-electron chi connectivity index (χ0n) is 18.2. The Morgan fingerprint density at radius 2 is 0.818 bits per heavy atom. The van der Waals surface area contributed by atoms with Crippen molar-refractivity contribution in [2.45, 2.75) is 96.8 Å². The third kappa shape index (κ3) is 26.4. The Labute approximate surface area is 181 Å². The first-order chi connectivity index (χ1) is 9.56. The molecule has 1 nitrogen and oxygen atoms in total. The van der Waals surface area contributed by atoms with Crippen LogP contribution < -0.4 is 0 Å². The number of nitrogens with zero attached hydrogens (tertiary/aromatic N) is 1. The fourth-order valence-corrected chi connectivity index (χ4v) is 2.78. The van der Waals surface area contributed by atoms with Gasteiger partial charge in [0, 0.05) is 0 Å². The first-order valence-electron chi connectivity index (χ1n) is 9.36. The molecule has 22 heavy (non-hydrogen) atoms. The van der Waals surface area contributed by atoms with Crippen molar-refractivity contribution in [3.63, 3.8) is 0 Å². The van der Waals surface area contributed by atoms with E-state index in [0.717, 1.165) is 4.48 Å². The zero-order chi connectivity index (χ0) is 15.1. The number of rotatable bonds is 15. The molecule has 0 saturated carbocycles. The van der Waals surface area contributed by atoms with Gasteiger partial charge in [0.1, 0.15) is 0 Å². The van der Waals surface area contributed by atoms with E-state index in [-0.39, 0.29) is 53.0 Å². The van der Waals surface area contributed by atoms with E-state index in [1.165, 1.54) is 96.4 Å². The Morgan fingerprint density at radius 3 is 1.09 bits per heavy atom. The van der Waals surface area contributed by atoms with Gasteiger partial charge in [-0.15, -0.1) is 12.4 Å². The van der Waals surface area contributed by atoms with E-state index in [2.05, 4.69) is 28.1 Å². The molecule has 0 radical (unpaired) electrons. The topological polar surface area (TPSA) is 0 Å². The summed E-state index contributed by atoms with van der Waals surface area (Å²) < 4.78 is 1.12. The summed E-state index contributed by atoms with van der Waals surface area (Å²) in [5, 5.41) is 0. The number of hydrogen-bond acceptors (Lipinski definition) is 0. The SMILES string of the molecule is CCCCCCCCCCCCCCCC[N+](C)(C)C.Cl.[Ca+2].[H-].[H-]. The largest absolute Gasteiger partial charge is 2.00 e.